The number of H-pyrrole nitrogens is 1. The van der Waals surface area contributed by atoms with Crippen LogP contribution in [0.1, 0.15) is 53.4 Å². The van der Waals surface area contributed by atoms with Gasteiger partial charge in [-0.2, -0.15) is 0 Å². The number of aromatic amines is 1. The number of carbonyl (C=O) groups is 2. The lowest BCUT2D eigenvalue weighted by atomic mass is 9.93. The van der Waals surface area contributed by atoms with Crippen molar-refractivity contribution >= 4 is 11.7 Å². The lowest BCUT2D eigenvalue weighted by molar-refractivity contribution is -0.131. The van der Waals surface area contributed by atoms with Crippen LogP contribution in [0.2, 0.25) is 0 Å². The number of carbonyl (C=O) groups excluding carboxylic acids is 2. The number of hydrogen-bond acceptors (Lipinski definition) is 4. The predicted molar refractivity (Wildman–Crippen MR) is 122 cm³/mol. The lowest BCUT2D eigenvalue weighted by Gasteiger charge is -2.26. The summed E-state index contributed by atoms with van der Waals surface area (Å²) in [6.07, 6.45) is 6.93. The van der Waals surface area contributed by atoms with Gasteiger partial charge in [-0.25, -0.2) is 0 Å². The molecule has 32 heavy (non-hydrogen) atoms. The minimum absolute atomic E-state index is 0.0119. The number of ether oxygens (including phenoxy) is 1. The molecule has 164 valence electrons. The number of Topliss-reactive ketones (excluding diaryl/α,β-unsaturated/α-hetero) is 1. The van der Waals surface area contributed by atoms with Crippen molar-refractivity contribution in [1.82, 2.24) is 14.9 Å². The molecule has 3 aromatic rings. The van der Waals surface area contributed by atoms with E-state index in [1.807, 2.05) is 31.2 Å². The number of nitrogens with one attached hydrogen (secondary N) is 1. The standard InChI is InChI=1S/C26H27N3O3/c1-2-24(31)29-14-21-25(22(30)15-29)20(12-17-6-4-3-5-7-17)26(28-21)19-10-11-27-13-23(19)32-16-18-8-9-18/h3-7,10-11,13,18,28H,2,8-9,12,14-16H2,1H3. The smallest absolute Gasteiger partial charge is 0.223 e. The fraction of sp³-hybridized carbons (Fsp3) is 0.346. The molecule has 1 amide bonds. The van der Waals surface area contributed by atoms with Crippen molar-refractivity contribution in [2.24, 2.45) is 5.92 Å². The van der Waals surface area contributed by atoms with Gasteiger partial charge in [-0.15, -0.1) is 0 Å². The number of rotatable bonds is 7. The molecule has 3 heterocycles. The van der Waals surface area contributed by atoms with Crippen LogP contribution < -0.4 is 4.74 Å². The molecule has 0 bridgehead atoms. The maximum atomic E-state index is 13.2. The largest absolute Gasteiger partial charge is 0.491 e. The Bertz CT molecular complexity index is 1150. The molecule has 1 fully saturated rings. The molecule has 5 rings (SSSR count). The fourth-order valence-electron chi connectivity index (χ4n) is 4.35. The van der Waals surface area contributed by atoms with Crippen LogP contribution in [0.4, 0.5) is 0 Å². The zero-order chi connectivity index (χ0) is 22.1. The quantitative estimate of drug-likeness (QED) is 0.604. The Labute approximate surface area is 187 Å². The van der Waals surface area contributed by atoms with Crippen LogP contribution in [0.5, 0.6) is 5.75 Å². The molecule has 0 saturated heterocycles. The zero-order valence-electron chi connectivity index (χ0n) is 18.3. The van der Waals surface area contributed by atoms with E-state index in [1.165, 1.54) is 12.8 Å². The van der Waals surface area contributed by atoms with Crippen LogP contribution in [0.25, 0.3) is 11.3 Å². The van der Waals surface area contributed by atoms with Crippen LogP contribution in [0.3, 0.4) is 0 Å². The number of aromatic nitrogens is 2. The van der Waals surface area contributed by atoms with Crippen molar-refractivity contribution in [3.8, 4) is 17.0 Å². The first-order valence-corrected chi connectivity index (χ1v) is 11.3. The fourth-order valence-corrected chi connectivity index (χ4v) is 4.35. The van der Waals surface area contributed by atoms with Crippen LogP contribution in [-0.4, -0.2) is 39.7 Å². The normalized spacial score (nSPS) is 15.5. The summed E-state index contributed by atoms with van der Waals surface area (Å²) in [5.74, 6) is 1.32. The Morgan fingerprint density at radius 3 is 2.75 bits per heavy atom. The zero-order valence-corrected chi connectivity index (χ0v) is 18.3. The second kappa shape index (κ2) is 8.61. The minimum Gasteiger partial charge on any atom is -0.491 e. The molecule has 1 aromatic carbocycles. The Balaban J connectivity index is 1.59. The second-order valence-corrected chi connectivity index (χ2v) is 8.65. The lowest BCUT2D eigenvalue weighted by Crippen LogP contribution is -2.39. The van der Waals surface area contributed by atoms with E-state index in [4.69, 9.17) is 4.74 Å². The van der Waals surface area contributed by atoms with E-state index < -0.39 is 0 Å². The minimum atomic E-state index is -0.0176. The SMILES string of the molecule is CCC(=O)N1CC(=O)c2c([nH]c(-c3ccncc3OCC3CC3)c2Cc2ccccc2)C1. The molecule has 6 heteroatoms. The summed E-state index contributed by atoms with van der Waals surface area (Å²) in [5, 5.41) is 0. The van der Waals surface area contributed by atoms with Crippen molar-refractivity contribution in [3.05, 3.63) is 71.2 Å². The first-order valence-electron chi connectivity index (χ1n) is 11.3. The third-order valence-electron chi connectivity index (χ3n) is 6.25. The molecule has 2 aliphatic rings. The van der Waals surface area contributed by atoms with Gasteiger partial charge in [0, 0.05) is 35.9 Å². The summed E-state index contributed by atoms with van der Waals surface area (Å²) in [6, 6.07) is 12.1. The van der Waals surface area contributed by atoms with E-state index in [9.17, 15) is 9.59 Å². The summed E-state index contributed by atoms with van der Waals surface area (Å²) >= 11 is 0. The number of benzene rings is 1. The van der Waals surface area contributed by atoms with Crippen LogP contribution >= 0.6 is 0 Å². The average molecular weight is 430 g/mol. The Kier molecular flexibility index (Phi) is 5.52. The number of amides is 1. The number of pyridine rings is 1. The third kappa shape index (κ3) is 4.05. The molecule has 0 atom stereocenters. The molecule has 2 aromatic heterocycles. The van der Waals surface area contributed by atoms with Crippen molar-refractivity contribution in [1.29, 1.82) is 0 Å². The molecular weight excluding hydrogens is 402 g/mol. The van der Waals surface area contributed by atoms with Gasteiger partial charge in [0.2, 0.25) is 5.91 Å². The number of hydrogen-bond donors (Lipinski definition) is 1. The van der Waals surface area contributed by atoms with Gasteiger partial charge in [-0.1, -0.05) is 37.3 Å². The summed E-state index contributed by atoms with van der Waals surface area (Å²) in [5.41, 5.74) is 5.39. The van der Waals surface area contributed by atoms with E-state index in [-0.39, 0.29) is 18.2 Å². The molecule has 6 nitrogen and oxygen atoms in total. The van der Waals surface area contributed by atoms with E-state index in [1.54, 1.807) is 17.3 Å². The number of nitrogens with zero attached hydrogens (tertiary/aromatic N) is 2. The van der Waals surface area contributed by atoms with Crippen molar-refractivity contribution in [3.63, 3.8) is 0 Å². The highest BCUT2D eigenvalue weighted by molar-refractivity contribution is 6.04. The maximum Gasteiger partial charge on any atom is 0.223 e. The summed E-state index contributed by atoms with van der Waals surface area (Å²) in [4.78, 5) is 34.9. The van der Waals surface area contributed by atoms with Gasteiger partial charge in [0.15, 0.2) is 5.78 Å². The first kappa shape index (κ1) is 20.5. The van der Waals surface area contributed by atoms with Crippen LogP contribution in [0.15, 0.2) is 48.8 Å². The topological polar surface area (TPSA) is 75.3 Å². The summed E-state index contributed by atoms with van der Waals surface area (Å²) < 4.78 is 6.12. The van der Waals surface area contributed by atoms with Gasteiger partial charge in [0.25, 0.3) is 0 Å². The second-order valence-electron chi connectivity index (χ2n) is 8.65. The highest BCUT2D eigenvalue weighted by Crippen LogP contribution is 2.38. The van der Waals surface area contributed by atoms with Gasteiger partial charge >= 0.3 is 0 Å². The third-order valence-corrected chi connectivity index (χ3v) is 6.25. The highest BCUT2D eigenvalue weighted by Gasteiger charge is 2.32. The molecule has 0 radical (unpaired) electrons. The van der Waals surface area contributed by atoms with Gasteiger partial charge < -0.3 is 14.6 Å². The first-order chi connectivity index (χ1) is 15.6. The highest BCUT2D eigenvalue weighted by atomic mass is 16.5. The van der Waals surface area contributed by atoms with Crippen LogP contribution in [-0.2, 0) is 17.8 Å². The number of fused-ring (bicyclic) bond motifs is 1. The Morgan fingerprint density at radius 2 is 2.00 bits per heavy atom. The van der Waals surface area contributed by atoms with Crippen LogP contribution in [0, 0.1) is 5.92 Å². The maximum absolute atomic E-state index is 13.2. The Hall–Kier alpha value is -3.41. The molecule has 1 saturated carbocycles. The van der Waals surface area contributed by atoms with E-state index in [0.717, 1.165) is 33.8 Å². The molecule has 1 N–H and O–H groups in total. The van der Waals surface area contributed by atoms with Gasteiger partial charge in [-0.05, 0) is 36.0 Å². The number of ketones is 1. The molecule has 0 spiro atoms. The average Bonchev–Trinajstić information content (AvgIpc) is 3.58. The van der Waals surface area contributed by atoms with Crippen molar-refractivity contribution in [2.75, 3.05) is 13.2 Å². The van der Waals surface area contributed by atoms with Crippen molar-refractivity contribution in [2.45, 2.75) is 39.2 Å². The van der Waals surface area contributed by atoms with E-state index in [0.29, 0.717) is 37.5 Å². The van der Waals surface area contributed by atoms with Gasteiger partial charge in [0.05, 0.1) is 31.6 Å². The van der Waals surface area contributed by atoms with Gasteiger partial charge in [0.1, 0.15) is 5.75 Å². The van der Waals surface area contributed by atoms with E-state index >= 15 is 0 Å². The summed E-state index contributed by atoms with van der Waals surface area (Å²) in [6.45, 7) is 3.05. The van der Waals surface area contributed by atoms with Crippen molar-refractivity contribution < 1.29 is 14.3 Å². The summed E-state index contributed by atoms with van der Waals surface area (Å²) in [7, 11) is 0. The molecular formula is C26H27N3O3. The van der Waals surface area contributed by atoms with E-state index in [2.05, 4.69) is 22.1 Å². The predicted octanol–water partition coefficient (Wildman–Crippen LogP) is 4.39. The Morgan fingerprint density at radius 1 is 1.19 bits per heavy atom. The molecule has 1 aliphatic carbocycles. The molecule has 0 unspecified atom stereocenters. The monoisotopic (exact) mass is 429 g/mol. The molecule has 1 aliphatic heterocycles. The van der Waals surface area contributed by atoms with Gasteiger partial charge in [-0.3, -0.25) is 14.6 Å².